The van der Waals surface area contributed by atoms with Crippen molar-refractivity contribution in [3.63, 3.8) is 0 Å². The molecule has 128 valence electrons. The van der Waals surface area contributed by atoms with Crippen LogP contribution in [0.5, 0.6) is 0 Å². The highest BCUT2D eigenvalue weighted by Gasteiger charge is 2.27. The van der Waals surface area contributed by atoms with Crippen molar-refractivity contribution in [1.29, 1.82) is 0 Å². The van der Waals surface area contributed by atoms with Crippen LogP contribution < -0.4 is 10.6 Å². The van der Waals surface area contributed by atoms with Crippen LogP contribution in [0.2, 0.25) is 0 Å². The summed E-state index contributed by atoms with van der Waals surface area (Å²) >= 11 is 0. The molecule has 0 spiro atoms. The monoisotopic (exact) mass is 336 g/mol. The number of hydrogen-bond acceptors (Lipinski definition) is 3. The zero-order valence-corrected chi connectivity index (χ0v) is 15.1. The molecule has 0 unspecified atom stereocenters. The average Bonchev–Trinajstić information content (AvgIpc) is 2.53. The fourth-order valence-electron chi connectivity index (χ4n) is 3.08. The van der Waals surface area contributed by atoms with Gasteiger partial charge < -0.3 is 10.6 Å². The number of carbonyl (C=O) groups excluding carboxylic acids is 1. The lowest BCUT2D eigenvalue weighted by Gasteiger charge is -2.29. The number of benzene rings is 1. The summed E-state index contributed by atoms with van der Waals surface area (Å²) in [5.41, 5.74) is 1.19. The summed E-state index contributed by atoms with van der Waals surface area (Å²) in [7, 11) is -0.925. The van der Waals surface area contributed by atoms with Gasteiger partial charge in [0.25, 0.3) is 0 Å². The molecule has 2 rings (SSSR count). The molecule has 1 saturated carbocycles. The molecular weight excluding hydrogens is 308 g/mol. The minimum absolute atomic E-state index is 0.133. The van der Waals surface area contributed by atoms with Gasteiger partial charge in [0, 0.05) is 46.5 Å². The number of rotatable bonds is 6. The van der Waals surface area contributed by atoms with Gasteiger partial charge in [-0.3, -0.25) is 9.00 Å². The lowest BCUT2D eigenvalue weighted by Crippen LogP contribution is -2.41. The summed E-state index contributed by atoms with van der Waals surface area (Å²) in [5.74, 6) is 0.329. The Morgan fingerprint density at radius 3 is 2.57 bits per heavy atom. The molecule has 0 bridgehead atoms. The van der Waals surface area contributed by atoms with Gasteiger partial charge in [-0.05, 0) is 50.8 Å². The Hall–Kier alpha value is -1.20. The smallest absolute Gasteiger partial charge is 0.223 e. The van der Waals surface area contributed by atoms with Crippen molar-refractivity contribution >= 4 is 16.7 Å². The zero-order valence-electron chi connectivity index (χ0n) is 14.3. The van der Waals surface area contributed by atoms with Crippen molar-refractivity contribution in [1.82, 2.24) is 10.6 Å². The maximum atomic E-state index is 12.2. The average molecular weight is 337 g/mol. The highest BCUT2D eigenvalue weighted by Crippen LogP contribution is 2.25. The molecule has 4 nitrogen and oxygen atoms in total. The van der Waals surface area contributed by atoms with Gasteiger partial charge in [-0.25, -0.2) is 0 Å². The fraction of sp³-hybridized carbons (Fsp3) is 0.611. The highest BCUT2D eigenvalue weighted by atomic mass is 32.2. The predicted molar refractivity (Wildman–Crippen MR) is 94.6 cm³/mol. The van der Waals surface area contributed by atoms with Gasteiger partial charge >= 0.3 is 0 Å². The van der Waals surface area contributed by atoms with Crippen LogP contribution in [0.3, 0.4) is 0 Å². The Bertz CT molecular complexity index is 542. The molecule has 0 aromatic heterocycles. The summed E-state index contributed by atoms with van der Waals surface area (Å²) in [6.07, 6.45) is 5.82. The molecule has 1 fully saturated rings. The van der Waals surface area contributed by atoms with E-state index in [4.69, 9.17) is 0 Å². The van der Waals surface area contributed by atoms with Gasteiger partial charge in [-0.2, -0.15) is 0 Å². The molecular formula is C18H28N2O2S. The van der Waals surface area contributed by atoms with Crippen molar-refractivity contribution in [2.45, 2.75) is 63.1 Å². The maximum absolute atomic E-state index is 12.2. The van der Waals surface area contributed by atoms with Crippen LogP contribution in [0.1, 0.15) is 45.1 Å². The summed E-state index contributed by atoms with van der Waals surface area (Å²) in [6, 6.07) is 8.50. The second-order valence-electron chi connectivity index (χ2n) is 6.70. The fourth-order valence-corrected chi connectivity index (χ4v) is 3.60. The SMILES string of the molecule is CC(C)NC(=O)[C@@H]1CCC[C@@H](NCc2ccc([S@](C)=O)cc2)C1. The Balaban J connectivity index is 1.83. The van der Waals surface area contributed by atoms with E-state index in [1.807, 2.05) is 38.1 Å². The van der Waals surface area contributed by atoms with Crippen molar-refractivity contribution < 1.29 is 9.00 Å². The normalized spacial score (nSPS) is 22.8. The highest BCUT2D eigenvalue weighted by molar-refractivity contribution is 7.84. The van der Waals surface area contributed by atoms with Crippen LogP contribution >= 0.6 is 0 Å². The summed E-state index contributed by atoms with van der Waals surface area (Å²) < 4.78 is 11.4. The van der Waals surface area contributed by atoms with Gasteiger partial charge in [0.15, 0.2) is 0 Å². The summed E-state index contributed by atoms with van der Waals surface area (Å²) in [5, 5.41) is 6.60. The number of nitrogens with one attached hydrogen (secondary N) is 2. The number of amides is 1. The zero-order chi connectivity index (χ0) is 16.8. The molecule has 1 aliphatic rings. The van der Waals surface area contributed by atoms with Crippen molar-refractivity contribution in [3.8, 4) is 0 Å². The molecule has 0 radical (unpaired) electrons. The van der Waals surface area contributed by atoms with E-state index in [-0.39, 0.29) is 17.9 Å². The Morgan fingerprint density at radius 1 is 1.26 bits per heavy atom. The van der Waals surface area contributed by atoms with Gasteiger partial charge in [0.1, 0.15) is 0 Å². The molecule has 0 aliphatic heterocycles. The first-order valence-corrected chi connectivity index (χ1v) is 9.97. The molecule has 3 atom stereocenters. The number of hydrogen-bond donors (Lipinski definition) is 2. The Morgan fingerprint density at radius 2 is 1.96 bits per heavy atom. The predicted octanol–water partition coefficient (Wildman–Crippen LogP) is 2.60. The molecule has 2 N–H and O–H groups in total. The third kappa shape index (κ3) is 5.74. The van der Waals surface area contributed by atoms with Crippen molar-refractivity contribution in [2.24, 2.45) is 5.92 Å². The van der Waals surface area contributed by atoms with Gasteiger partial charge in [-0.15, -0.1) is 0 Å². The molecule has 1 aromatic rings. The molecule has 0 heterocycles. The van der Waals surface area contributed by atoms with Crippen LogP contribution in [0.15, 0.2) is 29.2 Å². The van der Waals surface area contributed by atoms with E-state index < -0.39 is 10.8 Å². The summed E-state index contributed by atoms with van der Waals surface area (Å²) in [6.45, 7) is 4.80. The van der Waals surface area contributed by atoms with Crippen LogP contribution in [0.25, 0.3) is 0 Å². The first kappa shape index (κ1) is 18.1. The molecule has 1 aromatic carbocycles. The molecule has 1 aliphatic carbocycles. The molecule has 5 heteroatoms. The van der Waals surface area contributed by atoms with E-state index in [9.17, 15) is 9.00 Å². The second-order valence-corrected chi connectivity index (χ2v) is 8.08. The van der Waals surface area contributed by atoms with E-state index in [2.05, 4.69) is 10.6 Å². The standard InChI is InChI=1S/C18H28N2O2S/c1-13(2)20-18(21)15-5-4-6-16(11-15)19-12-14-7-9-17(10-8-14)23(3)22/h7-10,13,15-16,19H,4-6,11-12H2,1-3H3,(H,20,21)/t15-,16-,23+/m1/s1. The van der Waals surface area contributed by atoms with Crippen LogP contribution in [0, 0.1) is 5.92 Å². The van der Waals surface area contributed by atoms with Crippen LogP contribution in [-0.4, -0.2) is 28.5 Å². The van der Waals surface area contributed by atoms with Crippen LogP contribution in [-0.2, 0) is 22.1 Å². The lowest BCUT2D eigenvalue weighted by atomic mass is 9.85. The van der Waals surface area contributed by atoms with Crippen LogP contribution in [0.4, 0.5) is 0 Å². The van der Waals surface area contributed by atoms with E-state index >= 15 is 0 Å². The van der Waals surface area contributed by atoms with E-state index in [0.717, 1.165) is 37.1 Å². The quantitative estimate of drug-likeness (QED) is 0.839. The third-order valence-electron chi connectivity index (χ3n) is 4.33. The Kier molecular flexibility index (Phi) is 6.78. The lowest BCUT2D eigenvalue weighted by molar-refractivity contribution is -0.126. The van der Waals surface area contributed by atoms with Gasteiger partial charge in [-0.1, -0.05) is 18.6 Å². The summed E-state index contributed by atoms with van der Waals surface area (Å²) in [4.78, 5) is 13.0. The van der Waals surface area contributed by atoms with Crippen molar-refractivity contribution in [2.75, 3.05) is 6.26 Å². The maximum Gasteiger partial charge on any atom is 0.223 e. The first-order chi connectivity index (χ1) is 11.0. The molecule has 1 amide bonds. The molecule has 0 saturated heterocycles. The minimum Gasteiger partial charge on any atom is -0.354 e. The van der Waals surface area contributed by atoms with E-state index in [1.165, 1.54) is 5.56 Å². The van der Waals surface area contributed by atoms with E-state index in [0.29, 0.717) is 6.04 Å². The van der Waals surface area contributed by atoms with Gasteiger partial charge in [0.05, 0.1) is 0 Å². The van der Waals surface area contributed by atoms with Gasteiger partial charge in [0.2, 0.25) is 5.91 Å². The number of carbonyl (C=O) groups is 1. The first-order valence-electron chi connectivity index (χ1n) is 8.42. The topological polar surface area (TPSA) is 58.2 Å². The van der Waals surface area contributed by atoms with E-state index in [1.54, 1.807) is 6.26 Å². The largest absolute Gasteiger partial charge is 0.354 e. The minimum atomic E-state index is -0.925. The molecule has 23 heavy (non-hydrogen) atoms. The second kappa shape index (κ2) is 8.60. The third-order valence-corrected chi connectivity index (χ3v) is 5.26. The van der Waals surface area contributed by atoms with Crippen molar-refractivity contribution in [3.05, 3.63) is 29.8 Å². The Labute approximate surface area is 141 Å².